The van der Waals surface area contributed by atoms with Crippen molar-refractivity contribution in [2.75, 3.05) is 5.32 Å². The number of hydrogen-bond donors (Lipinski definition) is 2. The minimum absolute atomic E-state index is 0.279. The fourth-order valence-electron chi connectivity index (χ4n) is 1.89. The third-order valence-electron chi connectivity index (χ3n) is 2.88. The van der Waals surface area contributed by atoms with Gasteiger partial charge in [0.2, 0.25) is 0 Å². The Bertz CT molecular complexity index is 665. The van der Waals surface area contributed by atoms with Gasteiger partial charge < -0.3 is 5.73 Å². The second-order valence-electron chi connectivity index (χ2n) is 4.36. The first-order valence-corrected chi connectivity index (χ1v) is 5.95. The Balaban J connectivity index is 2.27. The monoisotopic (exact) mass is 271 g/mol. The standard InChI is InChI=1S/C15H14FN3O/c1-9-7-12(16)4-5-13(9)10(2)11-3-6-14(18-8-11)19-15(17)20/h3-8H,2H2,1H3,(H3,17,18,19,20). The van der Waals surface area contributed by atoms with Gasteiger partial charge in [0.1, 0.15) is 11.6 Å². The summed E-state index contributed by atoms with van der Waals surface area (Å²) in [5.74, 6) is 0.0862. The maximum absolute atomic E-state index is 13.1. The van der Waals surface area contributed by atoms with E-state index in [1.807, 2.05) is 6.92 Å². The lowest BCUT2D eigenvalue weighted by Gasteiger charge is -2.10. The van der Waals surface area contributed by atoms with Crippen LogP contribution in [0.25, 0.3) is 5.57 Å². The number of nitrogens with one attached hydrogen (secondary N) is 1. The number of aryl methyl sites for hydroxylation is 1. The fraction of sp³-hybridized carbons (Fsp3) is 0.0667. The number of amides is 2. The van der Waals surface area contributed by atoms with Gasteiger partial charge in [0, 0.05) is 11.8 Å². The highest BCUT2D eigenvalue weighted by Gasteiger charge is 2.07. The number of primary amides is 1. The highest BCUT2D eigenvalue weighted by Crippen LogP contribution is 2.25. The topological polar surface area (TPSA) is 68.0 Å². The zero-order valence-electron chi connectivity index (χ0n) is 11.0. The number of halogens is 1. The molecule has 5 heteroatoms. The second kappa shape index (κ2) is 5.52. The summed E-state index contributed by atoms with van der Waals surface area (Å²) in [4.78, 5) is 14.8. The molecular formula is C15H14FN3O. The summed E-state index contributed by atoms with van der Waals surface area (Å²) < 4.78 is 13.1. The number of pyridine rings is 1. The number of nitrogens with two attached hydrogens (primary N) is 1. The van der Waals surface area contributed by atoms with Gasteiger partial charge in [-0.05, 0) is 47.9 Å². The van der Waals surface area contributed by atoms with Gasteiger partial charge in [0.05, 0.1) is 0 Å². The van der Waals surface area contributed by atoms with Gasteiger partial charge in [-0.3, -0.25) is 5.32 Å². The maximum Gasteiger partial charge on any atom is 0.317 e. The molecule has 2 amide bonds. The molecule has 20 heavy (non-hydrogen) atoms. The van der Waals surface area contributed by atoms with Crippen LogP contribution in [0.4, 0.5) is 15.0 Å². The second-order valence-corrected chi connectivity index (χ2v) is 4.36. The molecule has 2 aromatic rings. The van der Waals surface area contributed by atoms with Gasteiger partial charge in [0.25, 0.3) is 0 Å². The van der Waals surface area contributed by atoms with Crippen LogP contribution >= 0.6 is 0 Å². The number of anilines is 1. The number of carbonyl (C=O) groups is 1. The lowest BCUT2D eigenvalue weighted by molar-refractivity contribution is 0.259. The van der Waals surface area contributed by atoms with Gasteiger partial charge in [-0.25, -0.2) is 14.2 Å². The van der Waals surface area contributed by atoms with Crippen molar-refractivity contribution >= 4 is 17.4 Å². The van der Waals surface area contributed by atoms with Gasteiger partial charge in [0.15, 0.2) is 0 Å². The summed E-state index contributed by atoms with van der Waals surface area (Å²) in [6.07, 6.45) is 1.58. The number of carbonyl (C=O) groups excluding carboxylic acids is 1. The first-order valence-electron chi connectivity index (χ1n) is 5.95. The van der Waals surface area contributed by atoms with Crippen LogP contribution in [0.5, 0.6) is 0 Å². The summed E-state index contributed by atoms with van der Waals surface area (Å²) in [5, 5.41) is 2.38. The van der Waals surface area contributed by atoms with Gasteiger partial charge >= 0.3 is 6.03 Å². The van der Waals surface area contributed by atoms with Gasteiger partial charge in [-0.15, -0.1) is 0 Å². The summed E-state index contributed by atoms with van der Waals surface area (Å²) in [5.41, 5.74) is 8.18. The quantitative estimate of drug-likeness (QED) is 0.900. The molecule has 0 radical (unpaired) electrons. The molecule has 0 bridgehead atoms. The predicted octanol–water partition coefficient (Wildman–Crippen LogP) is 3.08. The van der Waals surface area contributed by atoms with Crippen molar-refractivity contribution in [2.45, 2.75) is 6.92 Å². The van der Waals surface area contributed by atoms with E-state index in [2.05, 4.69) is 16.9 Å². The summed E-state index contributed by atoms with van der Waals surface area (Å²) in [7, 11) is 0. The maximum atomic E-state index is 13.1. The number of benzene rings is 1. The van der Waals surface area contributed by atoms with Crippen LogP contribution in [-0.4, -0.2) is 11.0 Å². The molecule has 0 fully saturated rings. The molecule has 3 N–H and O–H groups in total. The third kappa shape index (κ3) is 3.00. The number of hydrogen-bond acceptors (Lipinski definition) is 2. The van der Waals surface area contributed by atoms with Gasteiger partial charge in [-0.2, -0.15) is 0 Å². The molecule has 0 aliphatic rings. The summed E-state index contributed by atoms with van der Waals surface area (Å²) in [6, 6.07) is 7.26. The molecule has 1 aromatic carbocycles. The Kier molecular flexibility index (Phi) is 3.79. The molecule has 2 rings (SSSR count). The SMILES string of the molecule is C=C(c1ccc(NC(N)=O)nc1)c1ccc(F)cc1C. The Morgan fingerprint density at radius 3 is 2.65 bits per heavy atom. The fourth-order valence-corrected chi connectivity index (χ4v) is 1.89. The molecule has 0 spiro atoms. The minimum atomic E-state index is -0.668. The van der Waals surface area contributed by atoms with Crippen LogP contribution in [-0.2, 0) is 0 Å². The van der Waals surface area contributed by atoms with Crippen molar-refractivity contribution in [3.05, 3.63) is 65.6 Å². The van der Waals surface area contributed by atoms with Crippen molar-refractivity contribution in [3.8, 4) is 0 Å². The van der Waals surface area contributed by atoms with Gasteiger partial charge in [-0.1, -0.05) is 12.6 Å². The summed E-state index contributed by atoms with van der Waals surface area (Å²) in [6.45, 7) is 5.82. The van der Waals surface area contributed by atoms with Crippen LogP contribution in [0.3, 0.4) is 0 Å². The molecule has 4 nitrogen and oxygen atoms in total. The molecule has 102 valence electrons. The van der Waals surface area contributed by atoms with Crippen LogP contribution in [0.1, 0.15) is 16.7 Å². The third-order valence-corrected chi connectivity index (χ3v) is 2.88. The predicted molar refractivity (Wildman–Crippen MR) is 76.7 cm³/mol. The Morgan fingerprint density at radius 1 is 1.35 bits per heavy atom. The molecule has 1 heterocycles. The van der Waals surface area contributed by atoms with E-state index >= 15 is 0 Å². The lowest BCUT2D eigenvalue weighted by atomic mass is 9.97. The molecule has 0 aliphatic heterocycles. The zero-order chi connectivity index (χ0) is 14.7. The van der Waals surface area contributed by atoms with E-state index in [1.54, 1.807) is 24.4 Å². The largest absolute Gasteiger partial charge is 0.351 e. The highest BCUT2D eigenvalue weighted by molar-refractivity contribution is 5.87. The van der Waals surface area contributed by atoms with E-state index in [-0.39, 0.29) is 5.82 Å². The lowest BCUT2D eigenvalue weighted by Crippen LogP contribution is -2.19. The van der Waals surface area contributed by atoms with Crippen LogP contribution in [0, 0.1) is 12.7 Å². The highest BCUT2D eigenvalue weighted by atomic mass is 19.1. The number of nitrogens with zero attached hydrogens (tertiary/aromatic N) is 1. The smallest absolute Gasteiger partial charge is 0.317 e. The minimum Gasteiger partial charge on any atom is -0.351 e. The van der Waals surface area contributed by atoms with Crippen LogP contribution < -0.4 is 11.1 Å². The van der Waals surface area contributed by atoms with E-state index in [0.29, 0.717) is 5.82 Å². The van der Waals surface area contributed by atoms with Crippen molar-refractivity contribution in [1.82, 2.24) is 4.98 Å². The van der Waals surface area contributed by atoms with E-state index in [1.165, 1.54) is 12.1 Å². The average Bonchev–Trinajstić information content (AvgIpc) is 2.38. The number of urea groups is 1. The van der Waals surface area contributed by atoms with E-state index in [0.717, 1.165) is 22.3 Å². The number of rotatable bonds is 3. The van der Waals surface area contributed by atoms with E-state index in [4.69, 9.17) is 5.73 Å². The molecule has 0 aliphatic carbocycles. The zero-order valence-corrected chi connectivity index (χ0v) is 11.0. The van der Waals surface area contributed by atoms with E-state index in [9.17, 15) is 9.18 Å². The molecule has 0 atom stereocenters. The Morgan fingerprint density at radius 2 is 2.10 bits per heavy atom. The average molecular weight is 271 g/mol. The Hall–Kier alpha value is -2.69. The van der Waals surface area contributed by atoms with E-state index < -0.39 is 6.03 Å². The first-order chi connectivity index (χ1) is 9.47. The Labute approximate surface area is 116 Å². The molecule has 0 saturated carbocycles. The molecule has 0 unspecified atom stereocenters. The van der Waals surface area contributed by atoms with Crippen molar-refractivity contribution in [3.63, 3.8) is 0 Å². The molecule has 0 saturated heterocycles. The molecule has 1 aromatic heterocycles. The van der Waals surface area contributed by atoms with Crippen molar-refractivity contribution in [1.29, 1.82) is 0 Å². The normalized spacial score (nSPS) is 10.1. The van der Waals surface area contributed by atoms with Crippen molar-refractivity contribution < 1.29 is 9.18 Å². The van der Waals surface area contributed by atoms with Crippen LogP contribution in [0.2, 0.25) is 0 Å². The number of aromatic nitrogens is 1. The van der Waals surface area contributed by atoms with Crippen molar-refractivity contribution in [2.24, 2.45) is 5.73 Å². The first kappa shape index (κ1) is 13.7. The summed E-state index contributed by atoms with van der Waals surface area (Å²) >= 11 is 0. The van der Waals surface area contributed by atoms with Crippen LogP contribution in [0.15, 0.2) is 43.1 Å². The molecular weight excluding hydrogens is 257 g/mol.